The van der Waals surface area contributed by atoms with Crippen LogP contribution in [-0.4, -0.2) is 46.5 Å². The first kappa shape index (κ1) is 14.9. The monoisotopic (exact) mass is 322 g/mol. The lowest BCUT2D eigenvalue weighted by Crippen LogP contribution is -2.35. The number of piperidine rings is 1. The van der Waals surface area contributed by atoms with Gasteiger partial charge in [-0.3, -0.25) is 0 Å². The van der Waals surface area contributed by atoms with Crippen molar-refractivity contribution in [2.75, 3.05) is 37.0 Å². The first-order chi connectivity index (χ1) is 11.7. The zero-order valence-electron chi connectivity index (χ0n) is 14.1. The Morgan fingerprint density at radius 3 is 2.96 bits per heavy atom. The van der Waals surface area contributed by atoms with E-state index in [4.69, 9.17) is 4.98 Å². The molecule has 0 unspecified atom stereocenters. The van der Waals surface area contributed by atoms with Gasteiger partial charge in [0.2, 0.25) is 0 Å². The fourth-order valence-electron chi connectivity index (χ4n) is 3.47. The van der Waals surface area contributed by atoms with Crippen LogP contribution in [0.25, 0.3) is 5.52 Å². The highest BCUT2D eigenvalue weighted by Crippen LogP contribution is 2.30. The van der Waals surface area contributed by atoms with Crippen LogP contribution in [0.1, 0.15) is 24.5 Å². The second-order valence-corrected chi connectivity index (χ2v) is 6.54. The van der Waals surface area contributed by atoms with Crippen molar-refractivity contribution in [3.05, 3.63) is 48.8 Å². The number of anilines is 2. The molecule has 4 heterocycles. The lowest BCUT2D eigenvalue weighted by molar-refractivity contribution is 0.497. The highest BCUT2D eigenvalue weighted by molar-refractivity contribution is 5.69. The molecule has 1 aliphatic rings. The van der Waals surface area contributed by atoms with Gasteiger partial charge in [-0.15, -0.1) is 0 Å². The first-order valence-electron chi connectivity index (χ1n) is 8.38. The van der Waals surface area contributed by atoms with Crippen LogP contribution in [-0.2, 0) is 0 Å². The molecule has 3 aromatic rings. The fourth-order valence-corrected chi connectivity index (χ4v) is 3.47. The van der Waals surface area contributed by atoms with Crippen LogP contribution in [0.5, 0.6) is 0 Å². The van der Waals surface area contributed by atoms with Crippen molar-refractivity contribution in [2.45, 2.75) is 18.8 Å². The maximum atomic E-state index is 4.97. The second kappa shape index (κ2) is 6.11. The molecular weight excluding hydrogens is 300 g/mol. The molecule has 0 spiro atoms. The van der Waals surface area contributed by atoms with Crippen molar-refractivity contribution in [3.63, 3.8) is 0 Å². The van der Waals surface area contributed by atoms with Gasteiger partial charge in [0.25, 0.3) is 0 Å². The molecule has 6 nitrogen and oxygen atoms in total. The van der Waals surface area contributed by atoms with E-state index in [1.807, 2.05) is 20.2 Å². The van der Waals surface area contributed by atoms with Crippen molar-refractivity contribution in [1.82, 2.24) is 19.4 Å². The molecule has 0 saturated carbocycles. The van der Waals surface area contributed by atoms with Gasteiger partial charge >= 0.3 is 0 Å². The minimum Gasteiger partial charge on any atom is -0.361 e. The van der Waals surface area contributed by atoms with Gasteiger partial charge in [0.15, 0.2) is 5.82 Å². The standard InChI is InChI=1S/C18H22N6/c1-22(2)18-16-6-4-9-23(16)12-15(21-18)14-5-3-10-24(11-14)17-7-8-19-13-20-17/h4,6-9,12-14H,3,5,10-11H2,1-2H3/t14-/m1/s1. The molecule has 1 saturated heterocycles. The Morgan fingerprint density at radius 2 is 2.17 bits per heavy atom. The lowest BCUT2D eigenvalue weighted by Gasteiger charge is -2.33. The van der Waals surface area contributed by atoms with E-state index >= 15 is 0 Å². The Balaban J connectivity index is 1.67. The largest absolute Gasteiger partial charge is 0.361 e. The van der Waals surface area contributed by atoms with Crippen LogP contribution in [0.15, 0.2) is 43.1 Å². The van der Waals surface area contributed by atoms with Gasteiger partial charge in [0.1, 0.15) is 12.1 Å². The van der Waals surface area contributed by atoms with Gasteiger partial charge in [0.05, 0.1) is 11.2 Å². The number of aromatic nitrogens is 4. The van der Waals surface area contributed by atoms with Gasteiger partial charge < -0.3 is 14.2 Å². The van der Waals surface area contributed by atoms with Gasteiger partial charge in [0, 0.05) is 51.7 Å². The number of hydrogen-bond acceptors (Lipinski definition) is 5. The van der Waals surface area contributed by atoms with Crippen LogP contribution in [0.3, 0.4) is 0 Å². The van der Waals surface area contributed by atoms with E-state index in [0.29, 0.717) is 5.92 Å². The van der Waals surface area contributed by atoms with Crippen LogP contribution in [0.2, 0.25) is 0 Å². The predicted octanol–water partition coefficient (Wildman–Crippen LogP) is 2.57. The summed E-state index contributed by atoms with van der Waals surface area (Å²) in [6.07, 6.45) is 10.0. The Kier molecular flexibility index (Phi) is 3.80. The molecule has 124 valence electrons. The predicted molar refractivity (Wildman–Crippen MR) is 95.7 cm³/mol. The van der Waals surface area contributed by atoms with Gasteiger partial charge in [-0.1, -0.05) is 0 Å². The summed E-state index contributed by atoms with van der Waals surface area (Å²) in [6.45, 7) is 1.99. The van der Waals surface area contributed by atoms with E-state index in [2.05, 4.69) is 48.7 Å². The molecule has 1 fully saturated rings. The number of fused-ring (bicyclic) bond motifs is 1. The SMILES string of the molecule is CN(C)c1nc([C@@H]2CCCN(c3ccncn3)C2)cn2cccc12. The minimum absolute atomic E-state index is 0.416. The molecule has 0 bridgehead atoms. The minimum atomic E-state index is 0.416. The zero-order valence-corrected chi connectivity index (χ0v) is 14.1. The molecule has 6 heteroatoms. The summed E-state index contributed by atoms with van der Waals surface area (Å²) in [5.74, 6) is 2.44. The Labute approximate surface area is 141 Å². The van der Waals surface area contributed by atoms with Gasteiger partial charge in [-0.25, -0.2) is 15.0 Å². The molecule has 1 aliphatic heterocycles. The van der Waals surface area contributed by atoms with Gasteiger partial charge in [-0.05, 0) is 31.0 Å². The van der Waals surface area contributed by atoms with Crippen LogP contribution in [0.4, 0.5) is 11.6 Å². The van der Waals surface area contributed by atoms with Crippen molar-refractivity contribution < 1.29 is 0 Å². The molecular formula is C18H22N6. The maximum absolute atomic E-state index is 4.97. The summed E-state index contributed by atoms with van der Waals surface area (Å²) in [5.41, 5.74) is 2.30. The number of rotatable bonds is 3. The third-order valence-corrected chi connectivity index (χ3v) is 4.67. The summed E-state index contributed by atoms with van der Waals surface area (Å²) >= 11 is 0. The normalized spacial score (nSPS) is 18.1. The molecule has 0 aromatic carbocycles. The fraction of sp³-hybridized carbons (Fsp3) is 0.389. The summed E-state index contributed by atoms with van der Waals surface area (Å²) in [6, 6.07) is 6.16. The average molecular weight is 322 g/mol. The number of hydrogen-bond donors (Lipinski definition) is 0. The molecule has 0 amide bonds. The highest BCUT2D eigenvalue weighted by Gasteiger charge is 2.24. The molecule has 1 atom stereocenters. The van der Waals surface area contributed by atoms with E-state index in [9.17, 15) is 0 Å². The van der Waals surface area contributed by atoms with Crippen molar-refractivity contribution >= 4 is 17.2 Å². The maximum Gasteiger partial charge on any atom is 0.152 e. The molecule has 4 rings (SSSR count). The molecule has 0 radical (unpaired) electrons. The number of nitrogens with zero attached hydrogens (tertiary/aromatic N) is 6. The van der Waals surface area contributed by atoms with Crippen molar-refractivity contribution in [1.29, 1.82) is 0 Å². The Morgan fingerprint density at radius 1 is 1.25 bits per heavy atom. The van der Waals surface area contributed by atoms with E-state index in [0.717, 1.165) is 48.8 Å². The van der Waals surface area contributed by atoms with E-state index in [-0.39, 0.29) is 0 Å². The van der Waals surface area contributed by atoms with Crippen LogP contribution in [0, 0.1) is 0 Å². The Bertz CT molecular complexity index is 826. The lowest BCUT2D eigenvalue weighted by atomic mass is 9.95. The molecule has 3 aromatic heterocycles. The smallest absolute Gasteiger partial charge is 0.152 e. The van der Waals surface area contributed by atoms with E-state index in [1.165, 1.54) is 0 Å². The molecule has 24 heavy (non-hydrogen) atoms. The quantitative estimate of drug-likeness (QED) is 0.742. The van der Waals surface area contributed by atoms with Crippen LogP contribution >= 0.6 is 0 Å². The second-order valence-electron chi connectivity index (χ2n) is 6.54. The van der Waals surface area contributed by atoms with E-state index < -0.39 is 0 Å². The molecule has 0 aliphatic carbocycles. The zero-order chi connectivity index (χ0) is 16.5. The summed E-state index contributed by atoms with van der Waals surface area (Å²) in [7, 11) is 4.10. The third kappa shape index (κ3) is 2.68. The summed E-state index contributed by atoms with van der Waals surface area (Å²) in [4.78, 5) is 17.8. The highest BCUT2D eigenvalue weighted by atomic mass is 15.2. The Hall–Kier alpha value is -2.63. The van der Waals surface area contributed by atoms with Crippen molar-refractivity contribution in [2.24, 2.45) is 0 Å². The summed E-state index contributed by atoms with van der Waals surface area (Å²) in [5, 5.41) is 0. The molecule has 0 N–H and O–H groups in total. The average Bonchev–Trinajstić information content (AvgIpc) is 3.10. The van der Waals surface area contributed by atoms with Crippen molar-refractivity contribution in [3.8, 4) is 0 Å². The topological polar surface area (TPSA) is 49.6 Å². The third-order valence-electron chi connectivity index (χ3n) is 4.67. The van der Waals surface area contributed by atoms with Gasteiger partial charge in [-0.2, -0.15) is 0 Å². The van der Waals surface area contributed by atoms with E-state index in [1.54, 1.807) is 12.5 Å². The first-order valence-corrected chi connectivity index (χ1v) is 8.38. The summed E-state index contributed by atoms with van der Waals surface area (Å²) < 4.78 is 2.18. The van der Waals surface area contributed by atoms with Crippen LogP contribution < -0.4 is 9.80 Å².